The standard InChI is InChI=1S/C44H66O2/c1-7-10-12-14-16-17-18-19-20-21-22-23-25-27-32-46-44-36-40(28-9-3)38(5)34-42(44)30-29-41-35-43(39(6)33-37(41)4)45-31-26-24-15-13-11-8-2/h33-36H,7-8,10-27,31-32H2,1-6H3. The Morgan fingerprint density at radius 2 is 0.804 bits per heavy atom. The van der Waals surface area contributed by atoms with Crippen LogP contribution in [-0.4, -0.2) is 13.2 Å². The van der Waals surface area contributed by atoms with E-state index in [1.54, 1.807) is 0 Å². The number of benzene rings is 2. The van der Waals surface area contributed by atoms with Crippen LogP contribution in [0, 0.1) is 44.5 Å². The molecule has 254 valence electrons. The van der Waals surface area contributed by atoms with Gasteiger partial charge < -0.3 is 9.47 Å². The van der Waals surface area contributed by atoms with Crippen LogP contribution in [0.4, 0.5) is 0 Å². The van der Waals surface area contributed by atoms with Gasteiger partial charge in [0.1, 0.15) is 11.5 Å². The second kappa shape index (κ2) is 25.3. The van der Waals surface area contributed by atoms with Crippen molar-refractivity contribution in [1.29, 1.82) is 0 Å². The molecule has 0 N–H and O–H groups in total. The number of hydrogen-bond donors (Lipinski definition) is 0. The smallest absolute Gasteiger partial charge is 0.136 e. The highest BCUT2D eigenvalue weighted by Crippen LogP contribution is 2.26. The minimum Gasteiger partial charge on any atom is -0.493 e. The van der Waals surface area contributed by atoms with Gasteiger partial charge in [-0.15, -0.1) is 5.92 Å². The zero-order valence-corrected chi connectivity index (χ0v) is 30.7. The quantitative estimate of drug-likeness (QED) is 0.0852. The Hall–Kier alpha value is -2.84. The monoisotopic (exact) mass is 627 g/mol. The third kappa shape index (κ3) is 16.6. The van der Waals surface area contributed by atoms with Crippen molar-refractivity contribution in [2.24, 2.45) is 0 Å². The maximum Gasteiger partial charge on any atom is 0.136 e. The molecule has 0 saturated heterocycles. The van der Waals surface area contributed by atoms with Gasteiger partial charge in [-0.05, 0) is 75.4 Å². The molecule has 0 radical (unpaired) electrons. The number of rotatable bonds is 24. The molecule has 0 aliphatic heterocycles. The van der Waals surface area contributed by atoms with Crippen LogP contribution in [0.15, 0.2) is 24.3 Å². The van der Waals surface area contributed by atoms with Gasteiger partial charge in [0, 0.05) is 11.1 Å². The summed E-state index contributed by atoms with van der Waals surface area (Å²) in [4.78, 5) is 0. The summed E-state index contributed by atoms with van der Waals surface area (Å²) in [5, 5.41) is 0. The van der Waals surface area contributed by atoms with Gasteiger partial charge in [-0.1, -0.05) is 153 Å². The topological polar surface area (TPSA) is 18.5 Å². The maximum atomic E-state index is 6.35. The Kier molecular flexibility index (Phi) is 21.6. The van der Waals surface area contributed by atoms with Crippen molar-refractivity contribution in [3.63, 3.8) is 0 Å². The summed E-state index contributed by atoms with van der Waals surface area (Å²) in [6.45, 7) is 14.3. The molecular weight excluding hydrogens is 560 g/mol. The molecule has 0 amide bonds. The molecule has 2 heteroatoms. The lowest BCUT2D eigenvalue weighted by atomic mass is 10.0. The molecule has 0 fully saturated rings. The van der Waals surface area contributed by atoms with Gasteiger partial charge >= 0.3 is 0 Å². The molecule has 0 saturated carbocycles. The molecule has 0 heterocycles. The molecule has 2 aromatic carbocycles. The minimum atomic E-state index is 0.717. The average molecular weight is 627 g/mol. The Morgan fingerprint density at radius 3 is 1.30 bits per heavy atom. The van der Waals surface area contributed by atoms with Crippen molar-refractivity contribution >= 4 is 0 Å². The molecule has 0 atom stereocenters. The van der Waals surface area contributed by atoms with E-state index in [1.165, 1.54) is 127 Å². The Balaban J connectivity index is 1.88. The Bertz CT molecular complexity index is 1230. The first kappa shape index (κ1) is 39.3. The summed E-state index contributed by atoms with van der Waals surface area (Å²) in [6.07, 6.45) is 26.6. The van der Waals surface area contributed by atoms with Crippen molar-refractivity contribution in [2.75, 3.05) is 13.2 Å². The summed E-state index contributed by atoms with van der Waals surface area (Å²) < 4.78 is 12.6. The van der Waals surface area contributed by atoms with Crippen LogP contribution in [0.1, 0.15) is 183 Å². The largest absolute Gasteiger partial charge is 0.493 e. The number of hydrogen-bond acceptors (Lipinski definition) is 2. The molecular formula is C44H66O2. The summed E-state index contributed by atoms with van der Waals surface area (Å²) in [7, 11) is 0. The molecule has 0 aromatic heterocycles. The molecule has 2 nitrogen and oxygen atoms in total. The van der Waals surface area contributed by atoms with Crippen molar-refractivity contribution in [2.45, 2.75) is 170 Å². The predicted octanol–water partition coefficient (Wildman–Crippen LogP) is 13.0. The van der Waals surface area contributed by atoms with Crippen molar-refractivity contribution < 1.29 is 9.47 Å². The zero-order chi connectivity index (χ0) is 33.2. The first-order chi connectivity index (χ1) is 22.5. The lowest BCUT2D eigenvalue weighted by Crippen LogP contribution is -2.01. The molecule has 0 aliphatic rings. The van der Waals surface area contributed by atoms with Crippen LogP contribution >= 0.6 is 0 Å². The molecule has 2 rings (SSSR count). The average Bonchev–Trinajstić information content (AvgIpc) is 3.04. The number of unbranched alkanes of at least 4 members (excludes halogenated alkanes) is 18. The molecule has 0 unspecified atom stereocenters. The van der Waals surface area contributed by atoms with Crippen molar-refractivity contribution in [1.82, 2.24) is 0 Å². The van der Waals surface area contributed by atoms with E-state index in [9.17, 15) is 0 Å². The first-order valence-corrected chi connectivity index (χ1v) is 19.0. The highest BCUT2D eigenvalue weighted by atomic mass is 16.5. The van der Waals surface area contributed by atoms with E-state index in [0.29, 0.717) is 0 Å². The predicted molar refractivity (Wildman–Crippen MR) is 200 cm³/mol. The van der Waals surface area contributed by atoms with E-state index in [0.717, 1.165) is 59.8 Å². The lowest BCUT2D eigenvalue weighted by Gasteiger charge is -2.12. The Labute approximate surface area is 284 Å². The summed E-state index contributed by atoms with van der Waals surface area (Å²) in [5.74, 6) is 15.0. The van der Waals surface area contributed by atoms with E-state index in [1.807, 2.05) is 6.92 Å². The molecule has 2 aromatic rings. The Morgan fingerprint density at radius 1 is 0.413 bits per heavy atom. The molecule has 0 spiro atoms. The number of ether oxygens (including phenoxy) is 2. The fourth-order valence-electron chi connectivity index (χ4n) is 5.98. The summed E-state index contributed by atoms with van der Waals surface area (Å²) in [6, 6.07) is 8.52. The third-order valence-electron chi connectivity index (χ3n) is 8.95. The van der Waals surface area contributed by atoms with E-state index in [4.69, 9.17) is 9.47 Å². The maximum absolute atomic E-state index is 6.35. The SMILES string of the molecule is CC#Cc1cc(OCCCCCCCCCCCCCCCC)c(C#Cc2cc(OCCCCCCCC)c(C)cc2C)cc1C. The normalized spacial score (nSPS) is 10.7. The summed E-state index contributed by atoms with van der Waals surface area (Å²) in [5.41, 5.74) is 6.43. The van der Waals surface area contributed by atoms with Crippen molar-refractivity contribution in [3.8, 4) is 35.2 Å². The zero-order valence-electron chi connectivity index (χ0n) is 30.7. The van der Waals surface area contributed by atoms with Gasteiger partial charge in [0.25, 0.3) is 0 Å². The lowest BCUT2D eigenvalue weighted by molar-refractivity contribution is 0.302. The first-order valence-electron chi connectivity index (χ1n) is 19.0. The second-order valence-electron chi connectivity index (χ2n) is 13.3. The van der Waals surface area contributed by atoms with E-state index < -0.39 is 0 Å². The van der Waals surface area contributed by atoms with Crippen LogP contribution in [-0.2, 0) is 0 Å². The van der Waals surface area contributed by atoms with Gasteiger partial charge in [-0.3, -0.25) is 0 Å². The van der Waals surface area contributed by atoms with E-state index >= 15 is 0 Å². The van der Waals surface area contributed by atoms with Gasteiger partial charge in [-0.2, -0.15) is 0 Å². The van der Waals surface area contributed by atoms with Crippen LogP contribution in [0.5, 0.6) is 11.5 Å². The van der Waals surface area contributed by atoms with Crippen LogP contribution in [0.2, 0.25) is 0 Å². The van der Waals surface area contributed by atoms with Gasteiger partial charge in [0.15, 0.2) is 0 Å². The fraction of sp³-hybridized carbons (Fsp3) is 0.636. The van der Waals surface area contributed by atoms with Gasteiger partial charge in [-0.25, -0.2) is 0 Å². The highest BCUT2D eigenvalue weighted by Gasteiger charge is 2.09. The minimum absolute atomic E-state index is 0.717. The van der Waals surface area contributed by atoms with E-state index in [2.05, 4.69) is 82.6 Å². The van der Waals surface area contributed by atoms with Gasteiger partial charge in [0.05, 0.1) is 18.8 Å². The molecule has 0 aliphatic carbocycles. The van der Waals surface area contributed by atoms with Crippen LogP contribution < -0.4 is 9.47 Å². The molecule has 46 heavy (non-hydrogen) atoms. The fourth-order valence-corrected chi connectivity index (χ4v) is 5.98. The van der Waals surface area contributed by atoms with Crippen LogP contribution in [0.3, 0.4) is 0 Å². The third-order valence-corrected chi connectivity index (χ3v) is 8.95. The highest BCUT2D eigenvalue weighted by molar-refractivity contribution is 5.58. The van der Waals surface area contributed by atoms with Crippen molar-refractivity contribution in [3.05, 3.63) is 57.6 Å². The van der Waals surface area contributed by atoms with Gasteiger partial charge in [0.2, 0.25) is 0 Å². The molecule has 0 bridgehead atoms. The summed E-state index contributed by atoms with van der Waals surface area (Å²) >= 11 is 0. The van der Waals surface area contributed by atoms with E-state index in [-0.39, 0.29) is 0 Å². The number of aryl methyl sites for hydroxylation is 3. The second-order valence-corrected chi connectivity index (χ2v) is 13.3. The van der Waals surface area contributed by atoms with Crippen LogP contribution in [0.25, 0.3) is 0 Å².